The van der Waals surface area contributed by atoms with Gasteiger partial charge in [-0.25, -0.2) is 0 Å². The molecule has 0 heterocycles. The third-order valence-electron chi connectivity index (χ3n) is 2.50. The molecule has 0 unspecified atom stereocenters. The number of hydrogen-bond donors (Lipinski definition) is 0. The molecule has 0 spiro atoms. The Morgan fingerprint density at radius 1 is 0.611 bits per heavy atom. The van der Waals surface area contributed by atoms with E-state index in [1.54, 1.807) is 48.5 Å². The van der Waals surface area contributed by atoms with Crippen molar-refractivity contribution in [3.05, 3.63) is 82.2 Å². The standard InChI is InChI=1S/C14H12N2O2/c17-15-13(11-7-3-1-4-8-11)14(16-18)12-9-5-2-6-10-12/h1-10,17-18H/p-2/b15-13-,16-14-. The third kappa shape index (κ3) is 2.38. The molecule has 0 aliphatic carbocycles. The fourth-order valence-corrected chi connectivity index (χ4v) is 1.66. The molecule has 0 atom stereocenters. The maximum absolute atomic E-state index is 11.0. The molecule has 0 N–H and O–H groups in total. The lowest BCUT2D eigenvalue weighted by Gasteiger charge is -2.14. The van der Waals surface area contributed by atoms with Crippen LogP contribution in [-0.4, -0.2) is 11.4 Å². The van der Waals surface area contributed by atoms with Gasteiger partial charge in [0.1, 0.15) is 0 Å². The van der Waals surface area contributed by atoms with Gasteiger partial charge in [0.05, 0.1) is 11.4 Å². The van der Waals surface area contributed by atoms with Crippen LogP contribution in [0.3, 0.4) is 0 Å². The van der Waals surface area contributed by atoms with Crippen molar-refractivity contribution in [2.75, 3.05) is 0 Å². The minimum Gasteiger partial charge on any atom is -0.791 e. The van der Waals surface area contributed by atoms with Crippen LogP contribution in [0.2, 0.25) is 0 Å². The summed E-state index contributed by atoms with van der Waals surface area (Å²) in [6, 6.07) is 17.6. The molecule has 0 radical (unpaired) electrons. The lowest BCUT2D eigenvalue weighted by molar-refractivity contribution is 1.52. The fraction of sp³-hybridized carbons (Fsp3) is 0. The molecule has 0 amide bonds. The molecule has 4 heteroatoms. The first-order chi connectivity index (χ1) is 8.86. The van der Waals surface area contributed by atoms with E-state index in [1.807, 2.05) is 12.1 Å². The van der Waals surface area contributed by atoms with E-state index in [0.717, 1.165) is 0 Å². The first-order valence-electron chi connectivity index (χ1n) is 5.38. The smallest absolute Gasteiger partial charge is 0.0847 e. The summed E-state index contributed by atoms with van der Waals surface area (Å²) in [4.78, 5) is 0. The van der Waals surface area contributed by atoms with Crippen molar-refractivity contribution in [3.8, 4) is 0 Å². The molecule has 0 saturated carbocycles. The van der Waals surface area contributed by atoms with Crippen LogP contribution in [0.1, 0.15) is 11.1 Å². The summed E-state index contributed by atoms with van der Waals surface area (Å²) < 4.78 is 0. The van der Waals surface area contributed by atoms with E-state index in [2.05, 4.69) is 10.3 Å². The minimum atomic E-state index is 0.0526. The normalized spacial score (nSPS) is 12.4. The summed E-state index contributed by atoms with van der Waals surface area (Å²) >= 11 is 0. The summed E-state index contributed by atoms with van der Waals surface area (Å²) in [5, 5.41) is 27.8. The molecule has 0 aliphatic rings. The van der Waals surface area contributed by atoms with E-state index >= 15 is 0 Å². The Kier molecular flexibility index (Phi) is 3.71. The molecule has 18 heavy (non-hydrogen) atoms. The minimum absolute atomic E-state index is 0.0526. The molecule has 4 nitrogen and oxygen atoms in total. The highest BCUT2D eigenvalue weighted by molar-refractivity contribution is 6.53. The summed E-state index contributed by atoms with van der Waals surface area (Å²) in [5.41, 5.74) is 1.26. The van der Waals surface area contributed by atoms with Crippen LogP contribution in [0.5, 0.6) is 0 Å². The second-order valence-electron chi connectivity index (χ2n) is 3.61. The Hall–Kier alpha value is -2.62. The Morgan fingerprint density at radius 3 is 1.22 bits per heavy atom. The number of rotatable bonds is 3. The Labute approximate surface area is 105 Å². The van der Waals surface area contributed by atoms with E-state index < -0.39 is 0 Å². The second kappa shape index (κ2) is 5.63. The zero-order chi connectivity index (χ0) is 12.8. The van der Waals surface area contributed by atoms with Crippen molar-refractivity contribution in [2.24, 2.45) is 10.3 Å². The maximum atomic E-state index is 11.0. The Bertz CT molecular complexity index is 509. The van der Waals surface area contributed by atoms with E-state index in [-0.39, 0.29) is 11.4 Å². The highest BCUT2D eigenvalue weighted by Crippen LogP contribution is 2.10. The van der Waals surface area contributed by atoms with E-state index in [0.29, 0.717) is 11.1 Å². The molecule has 90 valence electrons. The number of benzene rings is 2. The van der Waals surface area contributed by atoms with E-state index in [1.165, 1.54) is 0 Å². The van der Waals surface area contributed by atoms with Crippen molar-refractivity contribution < 1.29 is 0 Å². The van der Waals surface area contributed by atoms with Gasteiger partial charge in [-0.3, -0.25) is 0 Å². The van der Waals surface area contributed by atoms with Crippen LogP contribution in [0.15, 0.2) is 71.0 Å². The highest BCUT2D eigenvalue weighted by atomic mass is 16.4. The molecular weight excluding hydrogens is 228 g/mol. The topological polar surface area (TPSA) is 70.8 Å². The van der Waals surface area contributed by atoms with Crippen LogP contribution < -0.4 is 0 Å². The van der Waals surface area contributed by atoms with Gasteiger partial charge in [0, 0.05) is 11.1 Å². The quantitative estimate of drug-likeness (QED) is 0.609. The van der Waals surface area contributed by atoms with Crippen LogP contribution in [0.25, 0.3) is 0 Å². The monoisotopic (exact) mass is 238 g/mol. The zero-order valence-corrected chi connectivity index (χ0v) is 9.48. The van der Waals surface area contributed by atoms with Gasteiger partial charge in [-0.05, 0) is 0 Å². The first kappa shape index (κ1) is 11.9. The fourth-order valence-electron chi connectivity index (χ4n) is 1.66. The molecule has 0 aromatic heterocycles. The van der Waals surface area contributed by atoms with Gasteiger partial charge >= 0.3 is 0 Å². The predicted octanol–water partition coefficient (Wildman–Crippen LogP) is 2.96. The van der Waals surface area contributed by atoms with Gasteiger partial charge in [0.2, 0.25) is 0 Å². The molecule has 2 rings (SSSR count). The molecular formula is C14H10N2O2-2. The largest absolute Gasteiger partial charge is 0.791 e. The first-order valence-corrected chi connectivity index (χ1v) is 5.38. The summed E-state index contributed by atoms with van der Waals surface area (Å²) in [7, 11) is 0. The summed E-state index contributed by atoms with van der Waals surface area (Å²) in [6.07, 6.45) is 0. The lowest BCUT2D eigenvalue weighted by Crippen LogP contribution is -2.16. The van der Waals surface area contributed by atoms with Gasteiger partial charge in [-0.1, -0.05) is 60.7 Å². The Balaban J connectivity index is 2.45. The number of nitrogens with zero attached hydrogens (tertiary/aromatic N) is 2. The number of hydrogen-bond acceptors (Lipinski definition) is 4. The van der Waals surface area contributed by atoms with Gasteiger partial charge in [0.25, 0.3) is 0 Å². The molecule has 0 fully saturated rings. The molecule has 0 bridgehead atoms. The van der Waals surface area contributed by atoms with Gasteiger partial charge in [-0.2, -0.15) is 0 Å². The maximum Gasteiger partial charge on any atom is 0.0847 e. The second-order valence-corrected chi connectivity index (χ2v) is 3.61. The average Bonchev–Trinajstić information content (AvgIpc) is 2.46. The summed E-state index contributed by atoms with van der Waals surface area (Å²) in [6.45, 7) is 0. The van der Waals surface area contributed by atoms with Gasteiger partial charge in [-0.15, -0.1) is 0 Å². The van der Waals surface area contributed by atoms with Crippen molar-refractivity contribution >= 4 is 11.4 Å². The van der Waals surface area contributed by atoms with Crippen LogP contribution in [0, 0.1) is 10.4 Å². The van der Waals surface area contributed by atoms with E-state index in [4.69, 9.17) is 0 Å². The molecule has 0 aliphatic heterocycles. The van der Waals surface area contributed by atoms with Crippen molar-refractivity contribution in [1.29, 1.82) is 0 Å². The Morgan fingerprint density at radius 2 is 0.944 bits per heavy atom. The van der Waals surface area contributed by atoms with Gasteiger partial charge in [0.15, 0.2) is 0 Å². The molecule has 2 aromatic carbocycles. The van der Waals surface area contributed by atoms with Crippen LogP contribution in [-0.2, 0) is 0 Å². The van der Waals surface area contributed by atoms with Crippen LogP contribution >= 0.6 is 0 Å². The molecule has 0 saturated heterocycles. The lowest BCUT2D eigenvalue weighted by atomic mass is 10.0. The van der Waals surface area contributed by atoms with Crippen molar-refractivity contribution in [3.63, 3.8) is 0 Å². The van der Waals surface area contributed by atoms with E-state index in [9.17, 15) is 10.4 Å². The third-order valence-corrected chi connectivity index (χ3v) is 2.50. The SMILES string of the molecule is [O-]/N=C(\C(=N/[O-])c1ccccc1)c1ccccc1. The predicted molar refractivity (Wildman–Crippen MR) is 72.7 cm³/mol. The zero-order valence-electron chi connectivity index (χ0n) is 9.48. The molecule has 2 aromatic rings. The van der Waals surface area contributed by atoms with Crippen molar-refractivity contribution in [2.45, 2.75) is 0 Å². The average molecular weight is 238 g/mol. The van der Waals surface area contributed by atoms with Crippen molar-refractivity contribution in [1.82, 2.24) is 0 Å². The van der Waals surface area contributed by atoms with Gasteiger partial charge < -0.3 is 20.7 Å². The summed E-state index contributed by atoms with van der Waals surface area (Å²) in [5.74, 6) is 0. The highest BCUT2D eigenvalue weighted by Gasteiger charge is 2.10. The van der Waals surface area contributed by atoms with Crippen LogP contribution in [0.4, 0.5) is 0 Å².